The molecule has 0 fully saturated rings. The normalized spacial score (nSPS) is 12.3. The highest BCUT2D eigenvalue weighted by Gasteiger charge is 2.17. The largest absolute Gasteiger partial charge is 0.298 e. The minimum atomic E-state index is 0.595. The van der Waals surface area contributed by atoms with E-state index in [1.807, 2.05) is 6.07 Å². The fourth-order valence-electron chi connectivity index (χ4n) is 3.44. The van der Waals surface area contributed by atoms with E-state index in [-0.39, 0.29) is 0 Å². The maximum absolute atomic E-state index is 11.1. The Bertz CT molecular complexity index is 953. The zero-order valence-corrected chi connectivity index (χ0v) is 12.0. The SMILES string of the molecule is N#Cc1ccc(C=O)cc1-c1ccc2c3c(cccc13)CC2. The fraction of sp³-hybridized carbons (Fsp3) is 0.100. The molecule has 0 heterocycles. The average Bonchev–Trinajstić information content (AvgIpc) is 3.00. The molecule has 2 heteroatoms. The molecule has 22 heavy (non-hydrogen) atoms. The van der Waals surface area contributed by atoms with Crippen LogP contribution in [0.1, 0.15) is 27.0 Å². The Labute approximate surface area is 128 Å². The summed E-state index contributed by atoms with van der Waals surface area (Å²) in [6, 6.07) is 18.1. The van der Waals surface area contributed by atoms with Crippen LogP contribution in [0.25, 0.3) is 21.9 Å². The Balaban J connectivity index is 2.08. The van der Waals surface area contributed by atoms with Crippen molar-refractivity contribution in [1.82, 2.24) is 0 Å². The number of carbonyl (C=O) groups excluding carboxylic acids is 1. The van der Waals surface area contributed by atoms with Gasteiger partial charge in [0.25, 0.3) is 0 Å². The van der Waals surface area contributed by atoms with Crippen molar-refractivity contribution in [3.05, 3.63) is 70.8 Å². The van der Waals surface area contributed by atoms with Gasteiger partial charge in [-0.2, -0.15) is 5.26 Å². The molecule has 4 rings (SSSR count). The van der Waals surface area contributed by atoms with E-state index in [1.54, 1.807) is 12.1 Å². The van der Waals surface area contributed by atoms with E-state index in [0.717, 1.165) is 30.3 Å². The van der Waals surface area contributed by atoms with E-state index in [1.165, 1.54) is 21.9 Å². The quantitative estimate of drug-likeness (QED) is 0.658. The number of aldehydes is 1. The van der Waals surface area contributed by atoms with Crippen molar-refractivity contribution in [2.75, 3.05) is 0 Å². The van der Waals surface area contributed by atoms with Crippen LogP contribution in [-0.4, -0.2) is 6.29 Å². The molecule has 0 saturated carbocycles. The molecule has 0 N–H and O–H groups in total. The molecule has 0 unspecified atom stereocenters. The molecule has 2 nitrogen and oxygen atoms in total. The standard InChI is InChI=1S/C20H13NO/c21-11-16-5-4-13(12-22)10-19(16)17-9-8-15-7-6-14-2-1-3-18(17)20(14)15/h1-5,8-10,12H,6-7H2. The van der Waals surface area contributed by atoms with Crippen LogP contribution in [0, 0.1) is 11.3 Å². The van der Waals surface area contributed by atoms with Crippen LogP contribution in [0.3, 0.4) is 0 Å². The van der Waals surface area contributed by atoms with Crippen molar-refractivity contribution in [3.63, 3.8) is 0 Å². The van der Waals surface area contributed by atoms with E-state index in [2.05, 4.69) is 36.4 Å². The Morgan fingerprint density at radius 3 is 2.55 bits per heavy atom. The number of carbonyl (C=O) groups is 1. The molecule has 104 valence electrons. The van der Waals surface area contributed by atoms with E-state index in [4.69, 9.17) is 0 Å². The van der Waals surface area contributed by atoms with Crippen LogP contribution in [-0.2, 0) is 12.8 Å². The number of rotatable bonds is 2. The molecule has 3 aromatic rings. The number of hydrogen-bond acceptors (Lipinski definition) is 2. The van der Waals surface area contributed by atoms with Crippen molar-refractivity contribution >= 4 is 17.1 Å². The molecule has 3 aromatic carbocycles. The Morgan fingerprint density at radius 2 is 1.77 bits per heavy atom. The second-order valence-electron chi connectivity index (χ2n) is 5.65. The summed E-state index contributed by atoms with van der Waals surface area (Å²) in [4.78, 5) is 11.1. The fourth-order valence-corrected chi connectivity index (χ4v) is 3.44. The molecule has 0 amide bonds. The molecular formula is C20H13NO. The van der Waals surface area contributed by atoms with E-state index >= 15 is 0 Å². The average molecular weight is 283 g/mol. The highest BCUT2D eigenvalue weighted by atomic mass is 16.1. The molecule has 0 spiro atoms. The summed E-state index contributed by atoms with van der Waals surface area (Å²) in [6.45, 7) is 0. The van der Waals surface area contributed by atoms with Gasteiger partial charge in [-0.1, -0.05) is 36.4 Å². The molecule has 0 aromatic heterocycles. The van der Waals surface area contributed by atoms with Crippen LogP contribution in [0.2, 0.25) is 0 Å². The van der Waals surface area contributed by atoms with Crippen molar-refractivity contribution < 1.29 is 4.79 Å². The molecule has 0 atom stereocenters. The minimum Gasteiger partial charge on any atom is -0.298 e. The van der Waals surface area contributed by atoms with Gasteiger partial charge >= 0.3 is 0 Å². The van der Waals surface area contributed by atoms with Gasteiger partial charge in [-0.05, 0) is 52.4 Å². The van der Waals surface area contributed by atoms with Crippen molar-refractivity contribution in [2.24, 2.45) is 0 Å². The summed E-state index contributed by atoms with van der Waals surface area (Å²) in [6.07, 6.45) is 2.98. The van der Waals surface area contributed by atoms with Crippen LogP contribution in [0.5, 0.6) is 0 Å². The van der Waals surface area contributed by atoms with Crippen LogP contribution < -0.4 is 0 Å². The lowest BCUT2D eigenvalue weighted by atomic mass is 9.92. The monoisotopic (exact) mass is 283 g/mol. The highest BCUT2D eigenvalue weighted by molar-refractivity contribution is 6.02. The van der Waals surface area contributed by atoms with Crippen molar-refractivity contribution in [2.45, 2.75) is 12.8 Å². The van der Waals surface area contributed by atoms with Crippen molar-refractivity contribution in [3.8, 4) is 17.2 Å². The summed E-state index contributed by atoms with van der Waals surface area (Å²) < 4.78 is 0. The minimum absolute atomic E-state index is 0.595. The molecule has 1 aliphatic rings. The third-order valence-electron chi connectivity index (χ3n) is 4.47. The van der Waals surface area contributed by atoms with Gasteiger partial charge in [0.1, 0.15) is 6.29 Å². The lowest BCUT2D eigenvalue weighted by Gasteiger charge is -2.11. The molecule has 0 radical (unpaired) electrons. The van der Waals surface area contributed by atoms with E-state index < -0.39 is 0 Å². The van der Waals surface area contributed by atoms with E-state index in [0.29, 0.717) is 11.1 Å². The number of nitrogens with zero attached hydrogens (tertiary/aromatic N) is 1. The van der Waals surface area contributed by atoms with Gasteiger partial charge in [-0.15, -0.1) is 0 Å². The van der Waals surface area contributed by atoms with Gasteiger partial charge in [0.15, 0.2) is 0 Å². The van der Waals surface area contributed by atoms with Gasteiger partial charge in [0, 0.05) is 11.1 Å². The first-order chi connectivity index (χ1) is 10.8. The van der Waals surface area contributed by atoms with Crippen LogP contribution >= 0.6 is 0 Å². The van der Waals surface area contributed by atoms with E-state index in [9.17, 15) is 10.1 Å². The lowest BCUT2D eigenvalue weighted by molar-refractivity contribution is 0.112. The number of hydrogen-bond donors (Lipinski definition) is 0. The second-order valence-corrected chi connectivity index (χ2v) is 5.65. The van der Waals surface area contributed by atoms with Gasteiger partial charge in [0.2, 0.25) is 0 Å². The molecule has 0 aliphatic heterocycles. The molecule has 0 saturated heterocycles. The third kappa shape index (κ3) is 1.76. The first kappa shape index (κ1) is 12.8. The van der Waals surface area contributed by atoms with Gasteiger partial charge in [-0.3, -0.25) is 4.79 Å². The number of benzene rings is 3. The number of aryl methyl sites for hydroxylation is 2. The summed E-state index contributed by atoms with van der Waals surface area (Å²) in [5.74, 6) is 0. The summed E-state index contributed by atoms with van der Waals surface area (Å²) in [5.41, 5.74) is 5.81. The van der Waals surface area contributed by atoms with Crippen LogP contribution in [0.15, 0.2) is 48.5 Å². The predicted molar refractivity (Wildman–Crippen MR) is 86.9 cm³/mol. The highest BCUT2D eigenvalue weighted by Crippen LogP contribution is 2.38. The summed E-state index contributed by atoms with van der Waals surface area (Å²) in [7, 11) is 0. The zero-order chi connectivity index (χ0) is 15.1. The Hall–Kier alpha value is -2.92. The van der Waals surface area contributed by atoms with Gasteiger partial charge in [-0.25, -0.2) is 0 Å². The van der Waals surface area contributed by atoms with Gasteiger partial charge < -0.3 is 0 Å². The maximum atomic E-state index is 11.1. The van der Waals surface area contributed by atoms with Gasteiger partial charge in [0.05, 0.1) is 11.6 Å². The molecule has 1 aliphatic carbocycles. The number of nitriles is 1. The zero-order valence-electron chi connectivity index (χ0n) is 12.0. The predicted octanol–water partition coefficient (Wildman–Crippen LogP) is 4.29. The first-order valence-electron chi connectivity index (χ1n) is 7.35. The summed E-state index contributed by atoms with van der Waals surface area (Å²) >= 11 is 0. The summed E-state index contributed by atoms with van der Waals surface area (Å²) in [5, 5.41) is 11.9. The second kappa shape index (κ2) is 4.82. The third-order valence-corrected chi connectivity index (χ3v) is 4.47. The first-order valence-corrected chi connectivity index (χ1v) is 7.35. The Morgan fingerprint density at radius 1 is 0.955 bits per heavy atom. The smallest absolute Gasteiger partial charge is 0.150 e. The van der Waals surface area contributed by atoms with Crippen molar-refractivity contribution in [1.29, 1.82) is 5.26 Å². The maximum Gasteiger partial charge on any atom is 0.150 e. The Kier molecular flexibility index (Phi) is 2.80. The van der Waals surface area contributed by atoms with Crippen LogP contribution in [0.4, 0.5) is 0 Å². The lowest BCUT2D eigenvalue weighted by Crippen LogP contribution is -1.90. The molecule has 0 bridgehead atoms. The molecular weight excluding hydrogens is 270 g/mol. The topological polar surface area (TPSA) is 40.9 Å².